The summed E-state index contributed by atoms with van der Waals surface area (Å²) >= 11 is 0. The standard InChI is InChI=1S/C17H37NO/c1-5-6-7-8-9-12-15-19-16-13-10-11-14-18-17(2,3)4/h18H,5-16H2,1-4H3. The summed E-state index contributed by atoms with van der Waals surface area (Å²) in [4.78, 5) is 0. The lowest BCUT2D eigenvalue weighted by Gasteiger charge is -2.20. The highest BCUT2D eigenvalue weighted by Gasteiger charge is 2.06. The Morgan fingerprint density at radius 1 is 0.737 bits per heavy atom. The van der Waals surface area contributed by atoms with Gasteiger partial charge in [-0.3, -0.25) is 0 Å². The van der Waals surface area contributed by atoms with Gasteiger partial charge in [0.25, 0.3) is 0 Å². The molecule has 0 saturated carbocycles. The Kier molecular flexibility index (Phi) is 12.9. The molecule has 0 bridgehead atoms. The summed E-state index contributed by atoms with van der Waals surface area (Å²) in [5, 5.41) is 3.52. The van der Waals surface area contributed by atoms with E-state index in [2.05, 4.69) is 33.0 Å². The van der Waals surface area contributed by atoms with Crippen LogP contribution in [-0.2, 0) is 4.74 Å². The van der Waals surface area contributed by atoms with E-state index in [1.165, 1.54) is 57.8 Å². The van der Waals surface area contributed by atoms with Crippen molar-refractivity contribution in [3.63, 3.8) is 0 Å². The van der Waals surface area contributed by atoms with E-state index in [-0.39, 0.29) is 5.54 Å². The van der Waals surface area contributed by atoms with Crippen molar-refractivity contribution in [3.05, 3.63) is 0 Å². The minimum absolute atomic E-state index is 0.258. The molecule has 2 nitrogen and oxygen atoms in total. The molecule has 0 aromatic heterocycles. The zero-order valence-electron chi connectivity index (χ0n) is 13.9. The number of ether oxygens (including phenoxy) is 1. The lowest BCUT2D eigenvalue weighted by atomic mass is 10.1. The van der Waals surface area contributed by atoms with Crippen LogP contribution in [0.3, 0.4) is 0 Å². The van der Waals surface area contributed by atoms with Crippen LogP contribution in [-0.4, -0.2) is 25.3 Å². The van der Waals surface area contributed by atoms with Gasteiger partial charge in [-0.25, -0.2) is 0 Å². The zero-order valence-corrected chi connectivity index (χ0v) is 13.9. The largest absolute Gasteiger partial charge is 0.381 e. The molecule has 0 amide bonds. The van der Waals surface area contributed by atoms with Crippen LogP contribution in [0.25, 0.3) is 0 Å². The van der Waals surface area contributed by atoms with Crippen molar-refractivity contribution >= 4 is 0 Å². The van der Waals surface area contributed by atoms with E-state index < -0.39 is 0 Å². The molecule has 2 heteroatoms. The molecule has 0 heterocycles. The molecule has 19 heavy (non-hydrogen) atoms. The number of hydrogen-bond donors (Lipinski definition) is 1. The smallest absolute Gasteiger partial charge is 0.0466 e. The second-order valence-electron chi connectivity index (χ2n) is 6.62. The van der Waals surface area contributed by atoms with E-state index in [9.17, 15) is 0 Å². The third-order valence-electron chi connectivity index (χ3n) is 3.26. The summed E-state index contributed by atoms with van der Waals surface area (Å²) in [7, 11) is 0. The number of unbranched alkanes of at least 4 members (excludes halogenated alkanes) is 7. The first-order valence-electron chi connectivity index (χ1n) is 8.39. The highest BCUT2D eigenvalue weighted by molar-refractivity contribution is 4.69. The van der Waals surface area contributed by atoms with Crippen LogP contribution in [0.5, 0.6) is 0 Å². The molecular weight excluding hydrogens is 234 g/mol. The van der Waals surface area contributed by atoms with Crippen molar-refractivity contribution in [2.24, 2.45) is 0 Å². The molecule has 116 valence electrons. The van der Waals surface area contributed by atoms with Crippen LogP contribution in [0, 0.1) is 0 Å². The van der Waals surface area contributed by atoms with E-state index in [0.29, 0.717) is 0 Å². The normalized spacial score (nSPS) is 12.0. The minimum Gasteiger partial charge on any atom is -0.381 e. The van der Waals surface area contributed by atoms with E-state index >= 15 is 0 Å². The van der Waals surface area contributed by atoms with Gasteiger partial charge in [0.15, 0.2) is 0 Å². The molecule has 0 radical (unpaired) electrons. The summed E-state index contributed by atoms with van der Waals surface area (Å²) in [6, 6.07) is 0. The predicted octanol–water partition coefficient (Wildman–Crippen LogP) is 4.92. The molecule has 0 unspecified atom stereocenters. The Balaban J connectivity index is 2.99. The molecule has 0 atom stereocenters. The molecule has 1 N–H and O–H groups in total. The number of rotatable bonds is 13. The first kappa shape index (κ1) is 18.9. The third kappa shape index (κ3) is 17.9. The van der Waals surface area contributed by atoms with Gasteiger partial charge in [-0.15, -0.1) is 0 Å². The van der Waals surface area contributed by atoms with Crippen LogP contribution >= 0.6 is 0 Å². The maximum atomic E-state index is 5.67. The molecule has 0 rings (SSSR count). The Morgan fingerprint density at radius 2 is 1.26 bits per heavy atom. The van der Waals surface area contributed by atoms with Crippen molar-refractivity contribution < 1.29 is 4.74 Å². The average molecular weight is 271 g/mol. The van der Waals surface area contributed by atoms with Crippen LogP contribution in [0.2, 0.25) is 0 Å². The molecule has 0 aromatic carbocycles. The lowest BCUT2D eigenvalue weighted by molar-refractivity contribution is 0.125. The Hall–Kier alpha value is -0.0800. The van der Waals surface area contributed by atoms with Gasteiger partial charge in [-0.05, 0) is 53.0 Å². The molecule has 0 spiro atoms. The molecule has 0 aliphatic carbocycles. The van der Waals surface area contributed by atoms with Gasteiger partial charge in [-0.2, -0.15) is 0 Å². The highest BCUT2D eigenvalue weighted by atomic mass is 16.5. The Morgan fingerprint density at radius 3 is 1.84 bits per heavy atom. The van der Waals surface area contributed by atoms with E-state index in [1.54, 1.807) is 0 Å². The molecule has 0 aliphatic heterocycles. The van der Waals surface area contributed by atoms with E-state index in [1.807, 2.05) is 0 Å². The number of nitrogens with one attached hydrogen (secondary N) is 1. The topological polar surface area (TPSA) is 21.3 Å². The maximum absolute atomic E-state index is 5.67. The van der Waals surface area contributed by atoms with Gasteiger partial charge in [-0.1, -0.05) is 39.0 Å². The van der Waals surface area contributed by atoms with Gasteiger partial charge in [0, 0.05) is 18.8 Å². The van der Waals surface area contributed by atoms with E-state index in [0.717, 1.165) is 19.8 Å². The summed E-state index contributed by atoms with van der Waals surface area (Å²) in [5.74, 6) is 0. The SMILES string of the molecule is CCCCCCCCOCCCCCNC(C)(C)C. The van der Waals surface area contributed by atoms with Gasteiger partial charge < -0.3 is 10.1 Å². The van der Waals surface area contributed by atoms with Crippen molar-refractivity contribution in [2.45, 2.75) is 91.0 Å². The van der Waals surface area contributed by atoms with Gasteiger partial charge >= 0.3 is 0 Å². The second kappa shape index (κ2) is 12.9. The maximum Gasteiger partial charge on any atom is 0.0466 e. The number of hydrogen-bond acceptors (Lipinski definition) is 2. The monoisotopic (exact) mass is 271 g/mol. The van der Waals surface area contributed by atoms with E-state index in [4.69, 9.17) is 4.74 Å². The summed E-state index contributed by atoms with van der Waals surface area (Å²) < 4.78 is 5.67. The molecule has 0 aromatic rings. The first-order valence-corrected chi connectivity index (χ1v) is 8.39. The lowest BCUT2D eigenvalue weighted by Crippen LogP contribution is -2.36. The Labute approximate surface area is 121 Å². The fraction of sp³-hybridized carbons (Fsp3) is 1.00. The third-order valence-corrected chi connectivity index (χ3v) is 3.26. The van der Waals surface area contributed by atoms with Crippen LogP contribution in [0.4, 0.5) is 0 Å². The highest BCUT2D eigenvalue weighted by Crippen LogP contribution is 2.05. The van der Waals surface area contributed by atoms with Crippen molar-refractivity contribution in [2.75, 3.05) is 19.8 Å². The van der Waals surface area contributed by atoms with Crippen molar-refractivity contribution in [1.29, 1.82) is 0 Å². The predicted molar refractivity (Wildman–Crippen MR) is 85.8 cm³/mol. The Bertz CT molecular complexity index is 175. The fourth-order valence-electron chi connectivity index (χ4n) is 2.06. The zero-order chi connectivity index (χ0) is 14.4. The first-order chi connectivity index (χ1) is 9.06. The molecule has 0 aliphatic rings. The van der Waals surface area contributed by atoms with Crippen LogP contribution in [0.15, 0.2) is 0 Å². The molecule has 0 saturated heterocycles. The second-order valence-corrected chi connectivity index (χ2v) is 6.62. The van der Waals surface area contributed by atoms with Crippen molar-refractivity contribution in [3.8, 4) is 0 Å². The summed E-state index contributed by atoms with van der Waals surface area (Å²) in [6.45, 7) is 12.0. The minimum atomic E-state index is 0.258. The molecular formula is C17H37NO. The quantitative estimate of drug-likeness (QED) is 0.480. The molecule has 0 fully saturated rings. The van der Waals surface area contributed by atoms with Gasteiger partial charge in [0.1, 0.15) is 0 Å². The summed E-state index contributed by atoms with van der Waals surface area (Å²) in [6.07, 6.45) is 11.8. The van der Waals surface area contributed by atoms with Gasteiger partial charge in [0.05, 0.1) is 0 Å². The van der Waals surface area contributed by atoms with Crippen molar-refractivity contribution in [1.82, 2.24) is 5.32 Å². The van der Waals surface area contributed by atoms with Gasteiger partial charge in [0.2, 0.25) is 0 Å². The van der Waals surface area contributed by atoms with Crippen LogP contribution < -0.4 is 5.32 Å². The fourth-order valence-corrected chi connectivity index (χ4v) is 2.06. The average Bonchev–Trinajstić information content (AvgIpc) is 2.34. The van der Waals surface area contributed by atoms with Crippen LogP contribution in [0.1, 0.15) is 85.5 Å². The summed E-state index contributed by atoms with van der Waals surface area (Å²) in [5.41, 5.74) is 0.258.